The summed E-state index contributed by atoms with van der Waals surface area (Å²) >= 11 is 0. The van der Waals surface area contributed by atoms with Crippen LogP contribution in [0.4, 0.5) is 0 Å². The largest absolute Gasteiger partial charge is 0.472 e. The second-order valence-corrected chi connectivity index (χ2v) is 32.9. The molecule has 0 aliphatic heterocycles. The van der Waals surface area contributed by atoms with Gasteiger partial charge in [0.1, 0.15) is 19.3 Å². The third-order valence-corrected chi connectivity index (χ3v) is 20.9. The number of hydrogen-bond donors (Lipinski definition) is 3. The summed E-state index contributed by atoms with van der Waals surface area (Å²) in [6.45, 7) is 12.0. The number of aliphatic hydroxyl groups excluding tert-OH is 1. The molecule has 17 nitrogen and oxygen atoms in total. The molecule has 0 rings (SSSR count). The SMILES string of the molecule is CCCCCCCCCC(=O)OC[C@H](COP(=O)(O)OC[C@H](O)COP(=O)(O)OC[C@@H](COC(=O)CCCCCCCCCCCCCCCCC(C)CC)OC(=O)CCCCCCCCCCCCCCCCCCCCC(C)C)OC(=O)CCCCCCCCCCCCC(C)C. The summed E-state index contributed by atoms with van der Waals surface area (Å²) in [6, 6.07) is 0. The maximum absolute atomic E-state index is 13.1. The van der Waals surface area contributed by atoms with Crippen LogP contribution in [0.1, 0.15) is 414 Å². The van der Waals surface area contributed by atoms with E-state index in [-0.39, 0.29) is 25.7 Å². The Bertz CT molecular complexity index is 1920. The zero-order valence-corrected chi connectivity index (χ0v) is 66.8. The first-order chi connectivity index (χ1) is 47.8. The highest BCUT2D eigenvalue weighted by Gasteiger charge is 2.30. The summed E-state index contributed by atoms with van der Waals surface area (Å²) in [5, 5.41) is 10.6. The summed E-state index contributed by atoms with van der Waals surface area (Å²) < 4.78 is 68.5. The molecule has 3 unspecified atom stereocenters. The molecule has 588 valence electrons. The van der Waals surface area contributed by atoms with Crippen molar-refractivity contribution >= 4 is 39.5 Å². The van der Waals surface area contributed by atoms with Gasteiger partial charge in [-0.3, -0.25) is 37.3 Å². The van der Waals surface area contributed by atoms with Crippen molar-refractivity contribution in [2.45, 2.75) is 433 Å². The van der Waals surface area contributed by atoms with Gasteiger partial charge in [0.25, 0.3) is 0 Å². The smallest absolute Gasteiger partial charge is 0.462 e. The Morgan fingerprint density at radius 2 is 0.515 bits per heavy atom. The summed E-state index contributed by atoms with van der Waals surface area (Å²) in [4.78, 5) is 72.8. The van der Waals surface area contributed by atoms with Crippen molar-refractivity contribution in [2.24, 2.45) is 17.8 Å². The molecule has 6 atom stereocenters. The van der Waals surface area contributed by atoms with Gasteiger partial charge >= 0.3 is 39.5 Å². The summed E-state index contributed by atoms with van der Waals surface area (Å²) in [6.07, 6.45) is 58.4. The van der Waals surface area contributed by atoms with Crippen molar-refractivity contribution in [3.63, 3.8) is 0 Å². The molecule has 0 heterocycles. The number of aliphatic hydroxyl groups is 1. The lowest BCUT2D eigenvalue weighted by Gasteiger charge is -2.21. The molecule has 0 amide bonds. The maximum Gasteiger partial charge on any atom is 0.472 e. The molecule has 0 fully saturated rings. The Kier molecular flexibility index (Phi) is 69.0. The van der Waals surface area contributed by atoms with E-state index in [1.54, 1.807) is 0 Å². The van der Waals surface area contributed by atoms with E-state index in [4.69, 9.17) is 37.0 Å². The third-order valence-electron chi connectivity index (χ3n) is 19.0. The number of phosphoric ester groups is 2. The second-order valence-electron chi connectivity index (χ2n) is 30.0. The van der Waals surface area contributed by atoms with Crippen LogP contribution in [0.15, 0.2) is 0 Å². The zero-order valence-electron chi connectivity index (χ0n) is 65.0. The predicted octanol–water partition coefficient (Wildman–Crippen LogP) is 23.7. The Hall–Kier alpha value is -1.94. The first kappa shape index (κ1) is 97.1. The van der Waals surface area contributed by atoms with Crippen molar-refractivity contribution in [3.05, 3.63) is 0 Å². The minimum Gasteiger partial charge on any atom is -0.462 e. The average Bonchev–Trinajstić information content (AvgIpc) is 1.15. The summed E-state index contributed by atoms with van der Waals surface area (Å²) in [7, 11) is -9.91. The van der Waals surface area contributed by atoms with Gasteiger partial charge in [-0.1, -0.05) is 363 Å². The van der Waals surface area contributed by atoms with E-state index in [1.807, 2.05) is 0 Å². The zero-order chi connectivity index (χ0) is 73.0. The van der Waals surface area contributed by atoms with Gasteiger partial charge in [-0.05, 0) is 43.4 Å². The lowest BCUT2D eigenvalue weighted by atomic mass is 9.99. The minimum atomic E-state index is -4.96. The highest BCUT2D eigenvalue weighted by atomic mass is 31.2. The number of carbonyl (C=O) groups excluding carboxylic acids is 4. The Morgan fingerprint density at radius 3 is 0.768 bits per heavy atom. The number of unbranched alkanes of at least 4 members (excludes halogenated alkanes) is 45. The van der Waals surface area contributed by atoms with Crippen LogP contribution >= 0.6 is 15.6 Å². The van der Waals surface area contributed by atoms with E-state index in [0.29, 0.717) is 25.7 Å². The Labute approximate surface area is 607 Å². The Balaban J connectivity index is 5.18. The van der Waals surface area contributed by atoms with Crippen LogP contribution in [-0.2, 0) is 65.4 Å². The topological polar surface area (TPSA) is 237 Å². The molecule has 3 N–H and O–H groups in total. The number of esters is 4. The van der Waals surface area contributed by atoms with Gasteiger partial charge in [0.2, 0.25) is 0 Å². The quantitative estimate of drug-likeness (QED) is 0.0222. The number of carbonyl (C=O) groups is 4. The lowest BCUT2D eigenvalue weighted by Crippen LogP contribution is -2.30. The molecule has 0 aliphatic carbocycles. The van der Waals surface area contributed by atoms with Gasteiger partial charge in [-0.15, -0.1) is 0 Å². The molecule has 0 saturated heterocycles. The maximum atomic E-state index is 13.1. The lowest BCUT2D eigenvalue weighted by molar-refractivity contribution is -0.161. The molecule has 0 aromatic carbocycles. The molecule has 0 aliphatic rings. The molecule has 0 bridgehead atoms. The van der Waals surface area contributed by atoms with Gasteiger partial charge in [-0.2, -0.15) is 0 Å². The van der Waals surface area contributed by atoms with Gasteiger partial charge in [0, 0.05) is 25.7 Å². The van der Waals surface area contributed by atoms with E-state index in [9.17, 15) is 43.2 Å². The van der Waals surface area contributed by atoms with Crippen molar-refractivity contribution in [2.75, 3.05) is 39.6 Å². The van der Waals surface area contributed by atoms with Crippen LogP contribution in [0, 0.1) is 17.8 Å². The first-order valence-electron chi connectivity index (χ1n) is 41.4. The van der Waals surface area contributed by atoms with Crippen molar-refractivity contribution in [1.82, 2.24) is 0 Å². The van der Waals surface area contributed by atoms with Gasteiger partial charge in [0.15, 0.2) is 12.2 Å². The van der Waals surface area contributed by atoms with Crippen LogP contribution in [0.2, 0.25) is 0 Å². The molecule has 99 heavy (non-hydrogen) atoms. The normalized spacial score (nSPS) is 14.3. The highest BCUT2D eigenvalue weighted by Crippen LogP contribution is 2.45. The fourth-order valence-corrected chi connectivity index (χ4v) is 13.9. The third kappa shape index (κ3) is 72.8. The molecule has 0 aromatic heterocycles. The number of phosphoric acid groups is 2. The van der Waals surface area contributed by atoms with Crippen LogP contribution in [0.5, 0.6) is 0 Å². The average molecular weight is 1450 g/mol. The fourth-order valence-electron chi connectivity index (χ4n) is 12.3. The monoisotopic (exact) mass is 1450 g/mol. The molecule has 0 spiro atoms. The summed E-state index contributed by atoms with van der Waals surface area (Å²) in [5.74, 6) is 0.305. The number of rotatable bonds is 78. The van der Waals surface area contributed by atoms with E-state index in [1.165, 1.54) is 212 Å². The van der Waals surface area contributed by atoms with Crippen LogP contribution in [0.25, 0.3) is 0 Å². The highest BCUT2D eigenvalue weighted by molar-refractivity contribution is 7.47. The molecule has 0 saturated carbocycles. The molecular weight excluding hydrogens is 1290 g/mol. The molecule has 0 radical (unpaired) electrons. The first-order valence-corrected chi connectivity index (χ1v) is 44.4. The van der Waals surface area contributed by atoms with Crippen molar-refractivity contribution in [3.8, 4) is 0 Å². The minimum absolute atomic E-state index is 0.106. The van der Waals surface area contributed by atoms with E-state index in [2.05, 4.69) is 48.5 Å². The van der Waals surface area contributed by atoms with E-state index < -0.39 is 97.5 Å². The fraction of sp³-hybridized carbons (Fsp3) is 0.950. The van der Waals surface area contributed by atoms with Crippen molar-refractivity contribution in [1.29, 1.82) is 0 Å². The van der Waals surface area contributed by atoms with E-state index >= 15 is 0 Å². The van der Waals surface area contributed by atoms with Crippen molar-refractivity contribution < 1.29 is 80.2 Å². The molecular formula is C80H156O17P2. The number of hydrogen-bond acceptors (Lipinski definition) is 15. The van der Waals surface area contributed by atoms with Crippen LogP contribution in [0.3, 0.4) is 0 Å². The second kappa shape index (κ2) is 70.4. The van der Waals surface area contributed by atoms with E-state index in [0.717, 1.165) is 120 Å². The molecule has 19 heteroatoms. The van der Waals surface area contributed by atoms with Gasteiger partial charge in [0.05, 0.1) is 26.4 Å². The summed E-state index contributed by atoms with van der Waals surface area (Å²) in [5.41, 5.74) is 0. The van der Waals surface area contributed by atoms with Gasteiger partial charge in [-0.25, -0.2) is 9.13 Å². The molecule has 0 aromatic rings. The standard InChI is InChI=1S/C80H156O17P2/c1-8-10-11-12-37-47-54-61-77(82)90-67-75(96-80(85)64-57-50-43-36-30-29-32-39-45-52-59-72(5)6)69-94-98(86,87)92-65-74(81)66-93-99(88,89)95-70-76(68-91-78(83)62-55-48-41-34-27-23-20-19-22-26-33-40-46-53-60-73(7)9-2)97-79(84)63-56-49-42-35-28-24-18-16-14-13-15-17-21-25-31-38-44-51-58-71(3)4/h71-76,81H,8-70H2,1-7H3,(H,86,87)(H,88,89)/t73?,74-,75+,76+/m0/s1. The predicted molar refractivity (Wildman–Crippen MR) is 405 cm³/mol. The Morgan fingerprint density at radius 1 is 0.293 bits per heavy atom. The number of ether oxygens (including phenoxy) is 4. The van der Waals surface area contributed by atoms with Crippen LogP contribution < -0.4 is 0 Å². The van der Waals surface area contributed by atoms with Crippen LogP contribution in [-0.4, -0.2) is 96.7 Å². The van der Waals surface area contributed by atoms with Gasteiger partial charge < -0.3 is 33.8 Å².